The highest BCUT2D eigenvalue weighted by molar-refractivity contribution is 5.69. The van der Waals surface area contributed by atoms with Crippen molar-refractivity contribution in [1.82, 2.24) is 9.80 Å². The highest BCUT2D eigenvalue weighted by atomic mass is 16.6. The predicted molar refractivity (Wildman–Crippen MR) is 450 cm³/mol. The van der Waals surface area contributed by atoms with Gasteiger partial charge in [-0.15, -0.1) is 0 Å². The number of esters is 2. The summed E-state index contributed by atoms with van der Waals surface area (Å²) in [6.45, 7) is 36.0. The molecule has 1 heterocycles. The number of hydrogen-bond donors (Lipinski definition) is 0. The molecule has 4 aliphatic carbocycles. The fourth-order valence-electron chi connectivity index (χ4n) is 20.3. The SMILES string of the molecule is CC1CCCC2CCC(C2)C(C)CCCC(C)CCC(C)CCCC(C)C2CCC(CCCC(C)CCOCC(COC(=O)CCN(C)C)OCCC(C)CCCC3CCC(C3)C(C)CCCC(C)CCC(C)CCCC(C)C3CCC(CCCC(C)CCOC(COC(=O)CCN(C)C)COCC1)C3)C2. The van der Waals surface area contributed by atoms with E-state index in [2.05, 4.69) is 83.1 Å². The van der Waals surface area contributed by atoms with E-state index in [-0.39, 0.29) is 37.4 Å². The molecule has 22 unspecified atom stereocenters. The van der Waals surface area contributed by atoms with Crippen molar-refractivity contribution in [1.29, 1.82) is 0 Å². The lowest BCUT2D eigenvalue weighted by molar-refractivity contribution is -0.151. The normalized spacial score (nSPS) is 36.8. The molecule has 1 saturated heterocycles. The molecule has 4 saturated carbocycles. The highest BCUT2D eigenvalue weighted by Crippen LogP contribution is 2.45. The second-order valence-corrected chi connectivity index (χ2v) is 39.9. The lowest BCUT2D eigenvalue weighted by atomic mass is 9.84. The van der Waals surface area contributed by atoms with Crippen LogP contribution in [0.1, 0.15) is 378 Å². The summed E-state index contributed by atoms with van der Waals surface area (Å²) in [5.41, 5.74) is 0. The Bertz CT molecular complexity index is 2000. The largest absolute Gasteiger partial charge is 0.463 e. The average Bonchev–Trinajstić information content (AvgIpc) is 1.77. The molecule has 8 bridgehead atoms. The standard InChI is InChI=1S/C96H182N2O8/c1-73-25-17-33-81(9)89-49-45-85(65-89)37-21-29-77(5)55-61-101-69-93(71-105-95(99)53-59-97(13)14)103-63-57-79(7)31-23-39-87-47-51-91(67-87)83(11)35-19-27-75(3)43-44-76(4)28-20-36-84(12)92-52-48-88(68-92)40-24-32-80(8)58-64-104-94(72-106-96(100)54-60-98(15)16)70-102-62-56-78(6)30-22-38-86-46-50-90(66-86)82(10)34-18-26-74(2)42-41-73/h73-94H,17-72H2,1-16H3. The van der Waals surface area contributed by atoms with E-state index in [4.69, 9.17) is 28.4 Å². The Kier molecular flexibility index (Phi) is 51.1. The molecule has 1 aliphatic heterocycles. The van der Waals surface area contributed by atoms with E-state index < -0.39 is 0 Å². The van der Waals surface area contributed by atoms with E-state index in [0.29, 0.717) is 76.0 Å². The molecule has 5 rings (SSSR count). The van der Waals surface area contributed by atoms with Crippen LogP contribution in [-0.4, -0.2) is 128 Å². The van der Waals surface area contributed by atoms with Gasteiger partial charge >= 0.3 is 11.9 Å². The maximum absolute atomic E-state index is 12.7. The summed E-state index contributed by atoms with van der Waals surface area (Å²) in [4.78, 5) is 29.4. The van der Waals surface area contributed by atoms with Gasteiger partial charge in [0.1, 0.15) is 25.4 Å². The molecular weight excluding hydrogens is 1310 g/mol. The molecular formula is C96H182N2O8. The monoisotopic (exact) mass is 1490 g/mol. The van der Waals surface area contributed by atoms with Gasteiger partial charge in [0.05, 0.1) is 26.1 Å². The van der Waals surface area contributed by atoms with Gasteiger partial charge in [-0.25, -0.2) is 0 Å². The first-order valence-corrected chi connectivity index (χ1v) is 47.0. The highest BCUT2D eigenvalue weighted by Gasteiger charge is 2.33. The van der Waals surface area contributed by atoms with Crippen LogP contribution in [0.25, 0.3) is 0 Å². The minimum absolute atomic E-state index is 0.148. The van der Waals surface area contributed by atoms with Gasteiger partial charge in [-0.3, -0.25) is 9.59 Å². The number of hydrogen-bond acceptors (Lipinski definition) is 10. The quantitative estimate of drug-likeness (QED) is 0.197. The maximum Gasteiger partial charge on any atom is 0.307 e. The second kappa shape index (κ2) is 56.9. The number of rotatable bonds is 10. The van der Waals surface area contributed by atoms with Crippen LogP contribution in [0, 0.1) is 118 Å². The minimum Gasteiger partial charge on any atom is -0.463 e. The van der Waals surface area contributed by atoms with Crippen molar-refractivity contribution >= 4 is 11.9 Å². The van der Waals surface area contributed by atoms with Crippen LogP contribution in [0.4, 0.5) is 0 Å². The molecule has 0 aromatic carbocycles. The van der Waals surface area contributed by atoms with Crippen LogP contribution >= 0.6 is 0 Å². The molecule has 0 radical (unpaired) electrons. The van der Waals surface area contributed by atoms with Crippen LogP contribution in [0.15, 0.2) is 0 Å². The lowest BCUT2D eigenvalue weighted by Gasteiger charge is -2.22. The first kappa shape index (κ1) is 95.3. The summed E-state index contributed by atoms with van der Waals surface area (Å²) < 4.78 is 37.1. The summed E-state index contributed by atoms with van der Waals surface area (Å²) >= 11 is 0. The molecule has 10 heteroatoms. The Morgan fingerprint density at radius 3 is 0.774 bits per heavy atom. The Morgan fingerprint density at radius 1 is 0.283 bits per heavy atom. The van der Waals surface area contributed by atoms with Gasteiger partial charge in [0.2, 0.25) is 0 Å². The third-order valence-corrected chi connectivity index (χ3v) is 28.9. The van der Waals surface area contributed by atoms with Crippen molar-refractivity contribution in [2.24, 2.45) is 118 Å². The molecule has 0 N–H and O–H groups in total. The Morgan fingerprint density at radius 2 is 0.519 bits per heavy atom. The van der Waals surface area contributed by atoms with Crippen LogP contribution < -0.4 is 0 Å². The van der Waals surface area contributed by atoms with Gasteiger partial charge in [-0.05, 0) is 224 Å². The molecule has 0 amide bonds. The number of fused-ring (bicyclic) bond motifs is 8. The van der Waals surface area contributed by atoms with E-state index in [1.54, 1.807) is 0 Å². The zero-order chi connectivity index (χ0) is 76.9. The maximum atomic E-state index is 12.7. The average molecular weight is 1490 g/mol. The van der Waals surface area contributed by atoms with Crippen LogP contribution in [0.5, 0.6) is 0 Å². The van der Waals surface area contributed by atoms with E-state index >= 15 is 0 Å². The second-order valence-electron chi connectivity index (χ2n) is 39.9. The van der Waals surface area contributed by atoms with Crippen LogP contribution in [0.2, 0.25) is 0 Å². The molecule has 10 nitrogen and oxygen atoms in total. The first-order valence-electron chi connectivity index (χ1n) is 47.0. The molecule has 5 fully saturated rings. The Labute approximate surface area is 659 Å². The van der Waals surface area contributed by atoms with Gasteiger partial charge in [-0.1, -0.05) is 289 Å². The topological polar surface area (TPSA) is 96.0 Å². The number of ether oxygens (including phenoxy) is 6. The molecule has 22 atom stereocenters. The summed E-state index contributed by atoms with van der Waals surface area (Å²) in [5.74, 6) is 16.5. The first-order chi connectivity index (χ1) is 51.0. The Balaban J connectivity index is 1.03. The van der Waals surface area contributed by atoms with Crippen molar-refractivity contribution in [3.05, 3.63) is 0 Å². The van der Waals surface area contributed by atoms with Crippen LogP contribution in [-0.2, 0) is 38.0 Å². The van der Waals surface area contributed by atoms with Crippen LogP contribution in [0.3, 0.4) is 0 Å². The summed E-state index contributed by atoms with van der Waals surface area (Å²) in [6, 6.07) is 0. The predicted octanol–water partition coefficient (Wildman–Crippen LogP) is 25.6. The van der Waals surface area contributed by atoms with Gasteiger partial charge in [0, 0.05) is 39.5 Å². The minimum atomic E-state index is -0.214. The number of carbonyl (C=O) groups is 2. The number of carbonyl (C=O) groups excluding carboxylic acids is 2. The molecule has 0 spiro atoms. The van der Waals surface area contributed by atoms with E-state index in [1.165, 1.54) is 257 Å². The zero-order valence-corrected chi connectivity index (χ0v) is 73.5. The smallest absolute Gasteiger partial charge is 0.307 e. The van der Waals surface area contributed by atoms with Gasteiger partial charge < -0.3 is 38.2 Å². The fraction of sp³-hybridized carbons (Fsp3) is 0.979. The third-order valence-electron chi connectivity index (χ3n) is 28.9. The molecule has 0 aromatic rings. The molecule has 0 aromatic heterocycles. The van der Waals surface area contributed by atoms with Crippen molar-refractivity contribution < 1.29 is 38.0 Å². The van der Waals surface area contributed by atoms with Crippen molar-refractivity contribution in [2.45, 2.75) is 391 Å². The third kappa shape index (κ3) is 44.4. The summed E-state index contributed by atoms with van der Waals surface area (Å²) in [7, 11) is 8.00. The van der Waals surface area contributed by atoms with Crippen molar-refractivity contribution in [3.63, 3.8) is 0 Å². The van der Waals surface area contributed by atoms with E-state index in [0.717, 1.165) is 134 Å². The van der Waals surface area contributed by atoms with Gasteiger partial charge in [0.25, 0.3) is 0 Å². The number of nitrogens with zero attached hydrogens (tertiary/aromatic N) is 2. The van der Waals surface area contributed by atoms with Gasteiger partial charge in [-0.2, -0.15) is 0 Å². The lowest BCUT2D eigenvalue weighted by Crippen LogP contribution is -2.29. The van der Waals surface area contributed by atoms with Crippen molar-refractivity contribution in [2.75, 3.05) is 94.1 Å². The molecule has 624 valence electrons. The van der Waals surface area contributed by atoms with Gasteiger partial charge in [0.15, 0.2) is 0 Å². The zero-order valence-electron chi connectivity index (χ0n) is 73.5. The molecule has 106 heavy (non-hydrogen) atoms. The van der Waals surface area contributed by atoms with E-state index in [9.17, 15) is 9.59 Å². The van der Waals surface area contributed by atoms with E-state index in [1.807, 2.05) is 38.0 Å². The fourth-order valence-corrected chi connectivity index (χ4v) is 20.3. The Hall–Kier alpha value is -1.30. The summed E-state index contributed by atoms with van der Waals surface area (Å²) in [5, 5.41) is 0. The summed E-state index contributed by atoms with van der Waals surface area (Å²) in [6.07, 6.45) is 60.6. The molecule has 5 aliphatic rings. The van der Waals surface area contributed by atoms with Crippen molar-refractivity contribution in [3.8, 4) is 0 Å².